The van der Waals surface area contributed by atoms with Gasteiger partial charge in [-0.05, 0) is 52.9 Å². The van der Waals surface area contributed by atoms with E-state index >= 15 is 0 Å². The first-order valence-corrected chi connectivity index (χ1v) is 6.46. The molecule has 1 aromatic heterocycles. The van der Waals surface area contributed by atoms with E-state index in [1.165, 1.54) is 0 Å². The van der Waals surface area contributed by atoms with Crippen molar-refractivity contribution in [2.45, 2.75) is 0 Å². The first-order chi connectivity index (χ1) is 7.68. The van der Waals surface area contributed by atoms with Crippen LogP contribution in [0.5, 0.6) is 0 Å². The predicted molar refractivity (Wildman–Crippen MR) is 74.5 cm³/mol. The SMILES string of the molecule is O=C(c1ccccn1)c1ccc(Br)cc1I. The standard InChI is InChI=1S/C12H7BrINO/c13-8-4-5-9(10(14)7-8)12(16)11-3-1-2-6-15-11/h1-7H. The monoisotopic (exact) mass is 387 g/mol. The zero-order valence-electron chi connectivity index (χ0n) is 8.15. The van der Waals surface area contributed by atoms with Gasteiger partial charge in [0.1, 0.15) is 5.69 Å². The topological polar surface area (TPSA) is 30.0 Å². The van der Waals surface area contributed by atoms with Gasteiger partial charge in [-0.1, -0.05) is 22.0 Å². The Hall–Kier alpha value is -0.750. The minimum atomic E-state index is -0.0440. The molecule has 0 aliphatic carbocycles. The van der Waals surface area contributed by atoms with Crippen LogP contribution in [0.2, 0.25) is 0 Å². The van der Waals surface area contributed by atoms with E-state index in [2.05, 4.69) is 43.5 Å². The van der Waals surface area contributed by atoms with Crippen molar-refractivity contribution >= 4 is 44.3 Å². The second-order valence-corrected chi connectivity index (χ2v) is 5.25. The normalized spacial score (nSPS) is 10.1. The highest BCUT2D eigenvalue weighted by Gasteiger charge is 2.13. The van der Waals surface area contributed by atoms with Crippen LogP contribution in [0.25, 0.3) is 0 Å². The first kappa shape index (κ1) is 11.7. The largest absolute Gasteiger partial charge is 0.287 e. The molecule has 0 saturated carbocycles. The number of nitrogens with zero attached hydrogens (tertiary/aromatic N) is 1. The van der Waals surface area contributed by atoms with Crippen molar-refractivity contribution < 1.29 is 4.79 Å². The van der Waals surface area contributed by atoms with E-state index in [1.54, 1.807) is 18.3 Å². The lowest BCUT2D eigenvalue weighted by molar-refractivity contribution is 0.103. The Morgan fingerprint density at radius 2 is 2.06 bits per heavy atom. The highest BCUT2D eigenvalue weighted by atomic mass is 127. The lowest BCUT2D eigenvalue weighted by Gasteiger charge is -2.03. The minimum Gasteiger partial charge on any atom is -0.287 e. The van der Waals surface area contributed by atoms with Crippen molar-refractivity contribution in [3.63, 3.8) is 0 Å². The van der Waals surface area contributed by atoms with Gasteiger partial charge in [0.25, 0.3) is 0 Å². The quantitative estimate of drug-likeness (QED) is 0.581. The fraction of sp³-hybridized carbons (Fsp3) is 0. The van der Waals surface area contributed by atoms with Gasteiger partial charge in [0.2, 0.25) is 5.78 Å². The molecule has 1 aromatic carbocycles. The van der Waals surface area contributed by atoms with Crippen LogP contribution in [0.15, 0.2) is 47.1 Å². The number of benzene rings is 1. The van der Waals surface area contributed by atoms with Crippen molar-refractivity contribution in [1.82, 2.24) is 4.98 Å². The predicted octanol–water partition coefficient (Wildman–Crippen LogP) is 3.68. The second kappa shape index (κ2) is 5.05. The van der Waals surface area contributed by atoms with E-state index in [-0.39, 0.29) is 5.78 Å². The zero-order valence-corrected chi connectivity index (χ0v) is 11.9. The van der Waals surface area contributed by atoms with Gasteiger partial charge < -0.3 is 0 Å². The summed E-state index contributed by atoms with van der Waals surface area (Å²) in [6, 6.07) is 10.9. The summed E-state index contributed by atoms with van der Waals surface area (Å²) in [6.07, 6.45) is 1.62. The average molecular weight is 388 g/mol. The van der Waals surface area contributed by atoms with Crippen molar-refractivity contribution in [1.29, 1.82) is 0 Å². The maximum atomic E-state index is 12.1. The molecule has 0 N–H and O–H groups in total. The van der Waals surface area contributed by atoms with Crippen molar-refractivity contribution in [3.8, 4) is 0 Å². The Labute approximate surface area is 115 Å². The number of halogens is 2. The third-order valence-corrected chi connectivity index (χ3v) is 3.46. The van der Waals surface area contributed by atoms with Crippen LogP contribution < -0.4 is 0 Å². The molecule has 2 nitrogen and oxygen atoms in total. The second-order valence-electron chi connectivity index (χ2n) is 3.17. The summed E-state index contributed by atoms with van der Waals surface area (Å²) in [4.78, 5) is 16.1. The van der Waals surface area contributed by atoms with Gasteiger partial charge in [0.05, 0.1) is 0 Å². The fourth-order valence-corrected chi connectivity index (χ4v) is 2.86. The van der Waals surface area contributed by atoms with Gasteiger partial charge in [-0.2, -0.15) is 0 Å². The molecule has 0 aliphatic heterocycles. The highest BCUT2D eigenvalue weighted by Crippen LogP contribution is 2.20. The molecule has 2 rings (SSSR count). The molecule has 0 fully saturated rings. The third kappa shape index (κ3) is 2.49. The maximum absolute atomic E-state index is 12.1. The molecule has 0 bridgehead atoms. The summed E-state index contributed by atoms with van der Waals surface area (Å²) in [5.41, 5.74) is 1.16. The smallest absolute Gasteiger partial charge is 0.212 e. The van der Waals surface area contributed by atoms with Crippen LogP contribution >= 0.6 is 38.5 Å². The lowest BCUT2D eigenvalue weighted by Crippen LogP contribution is -2.05. The summed E-state index contributed by atoms with van der Waals surface area (Å²) >= 11 is 5.52. The molecule has 0 unspecified atom stereocenters. The molecule has 1 heterocycles. The van der Waals surface area contributed by atoms with Crippen molar-refractivity contribution in [2.24, 2.45) is 0 Å². The number of carbonyl (C=O) groups is 1. The van der Waals surface area contributed by atoms with Crippen LogP contribution in [0, 0.1) is 3.57 Å². The minimum absolute atomic E-state index is 0.0440. The van der Waals surface area contributed by atoms with Gasteiger partial charge in [0.15, 0.2) is 0 Å². The molecular formula is C12H7BrINO. The number of hydrogen-bond acceptors (Lipinski definition) is 2. The average Bonchev–Trinajstić information content (AvgIpc) is 2.29. The Balaban J connectivity index is 2.42. The molecule has 0 aliphatic rings. The Bertz CT molecular complexity index is 528. The Morgan fingerprint density at radius 1 is 1.25 bits per heavy atom. The van der Waals surface area contributed by atoms with Crippen LogP contribution in [-0.4, -0.2) is 10.8 Å². The molecular weight excluding hydrogens is 381 g/mol. The van der Waals surface area contributed by atoms with Crippen molar-refractivity contribution in [2.75, 3.05) is 0 Å². The van der Waals surface area contributed by atoms with Crippen LogP contribution in [0.3, 0.4) is 0 Å². The van der Waals surface area contributed by atoms with E-state index < -0.39 is 0 Å². The summed E-state index contributed by atoms with van der Waals surface area (Å²) in [6.45, 7) is 0. The molecule has 0 spiro atoms. The molecule has 80 valence electrons. The summed E-state index contributed by atoms with van der Waals surface area (Å²) in [5.74, 6) is -0.0440. The molecule has 4 heteroatoms. The van der Waals surface area contributed by atoms with E-state index in [0.717, 1.165) is 8.04 Å². The van der Waals surface area contributed by atoms with Gasteiger partial charge >= 0.3 is 0 Å². The summed E-state index contributed by atoms with van der Waals surface area (Å²) in [7, 11) is 0. The van der Waals surface area contributed by atoms with Crippen LogP contribution in [0.4, 0.5) is 0 Å². The molecule has 0 amide bonds. The zero-order chi connectivity index (χ0) is 11.5. The highest BCUT2D eigenvalue weighted by molar-refractivity contribution is 14.1. The molecule has 0 atom stereocenters. The maximum Gasteiger partial charge on any atom is 0.212 e. The van der Waals surface area contributed by atoms with Gasteiger partial charge in [-0.25, -0.2) is 0 Å². The molecule has 0 saturated heterocycles. The summed E-state index contributed by atoms with van der Waals surface area (Å²) < 4.78 is 1.89. The Morgan fingerprint density at radius 3 is 2.69 bits per heavy atom. The number of aromatic nitrogens is 1. The number of carbonyl (C=O) groups excluding carboxylic acids is 1. The van der Waals surface area contributed by atoms with Gasteiger partial charge in [-0.15, -0.1) is 0 Å². The number of hydrogen-bond donors (Lipinski definition) is 0. The number of ketones is 1. The van der Waals surface area contributed by atoms with E-state index in [1.807, 2.05) is 24.3 Å². The first-order valence-electron chi connectivity index (χ1n) is 4.59. The molecule has 0 radical (unpaired) electrons. The number of rotatable bonds is 2. The molecule has 2 aromatic rings. The van der Waals surface area contributed by atoms with E-state index in [9.17, 15) is 4.79 Å². The van der Waals surface area contributed by atoms with Gasteiger partial charge in [-0.3, -0.25) is 9.78 Å². The van der Waals surface area contributed by atoms with Crippen LogP contribution in [-0.2, 0) is 0 Å². The van der Waals surface area contributed by atoms with Crippen molar-refractivity contribution in [3.05, 3.63) is 61.9 Å². The lowest BCUT2D eigenvalue weighted by atomic mass is 10.1. The van der Waals surface area contributed by atoms with Gasteiger partial charge in [0, 0.05) is 19.8 Å². The summed E-state index contributed by atoms with van der Waals surface area (Å²) in [5, 5.41) is 0. The van der Waals surface area contributed by atoms with Crippen LogP contribution in [0.1, 0.15) is 16.1 Å². The Kier molecular flexibility index (Phi) is 3.70. The van der Waals surface area contributed by atoms with E-state index in [0.29, 0.717) is 11.3 Å². The third-order valence-electron chi connectivity index (χ3n) is 2.07. The number of pyridine rings is 1. The van der Waals surface area contributed by atoms with E-state index in [4.69, 9.17) is 0 Å². The fourth-order valence-electron chi connectivity index (χ4n) is 1.31. The molecule has 16 heavy (non-hydrogen) atoms.